The summed E-state index contributed by atoms with van der Waals surface area (Å²) in [6.07, 6.45) is 3.22. The fourth-order valence-corrected chi connectivity index (χ4v) is 6.00. The molecule has 2 N–H and O–H groups in total. The molecule has 2 aliphatic rings. The number of hydrogen-bond acceptors (Lipinski definition) is 4. The SMILES string of the molecule is O=C1C[C@@H](c2ccccc2OCc2ccccc2)CC2=C1[C@H](/C(Br)=C/c1ccccc1)Nc1ccccc1N2. The van der Waals surface area contributed by atoms with Gasteiger partial charge in [0, 0.05) is 28.1 Å². The van der Waals surface area contributed by atoms with Crippen LogP contribution in [0.15, 0.2) is 125 Å². The number of ether oxygens (including phenoxy) is 1. The number of halogens is 1. The molecule has 0 amide bonds. The molecule has 0 saturated carbocycles. The molecule has 4 nitrogen and oxygen atoms in total. The third-order valence-corrected chi connectivity index (χ3v) is 7.97. The van der Waals surface area contributed by atoms with Crippen LogP contribution in [0.5, 0.6) is 5.75 Å². The summed E-state index contributed by atoms with van der Waals surface area (Å²) in [6.45, 7) is 0.487. The van der Waals surface area contributed by atoms with Gasteiger partial charge in [-0.15, -0.1) is 0 Å². The van der Waals surface area contributed by atoms with Crippen molar-refractivity contribution in [3.63, 3.8) is 0 Å². The van der Waals surface area contributed by atoms with Crippen molar-refractivity contribution in [2.75, 3.05) is 10.6 Å². The summed E-state index contributed by atoms with van der Waals surface area (Å²) in [5, 5.41) is 7.26. The Balaban J connectivity index is 1.35. The molecule has 4 aromatic rings. The summed E-state index contributed by atoms with van der Waals surface area (Å²) >= 11 is 3.83. The Bertz CT molecular complexity index is 1550. The molecule has 0 spiro atoms. The number of carbonyl (C=O) groups is 1. The topological polar surface area (TPSA) is 50.4 Å². The lowest BCUT2D eigenvalue weighted by Gasteiger charge is -2.30. The standard InChI is InChI=1S/C34H29BrN2O2/c35-27(19-23-11-3-1-4-12-23)34-33-30(36-28-16-8-9-17-29(28)37-34)20-25(21-31(33)38)26-15-7-10-18-32(26)39-22-24-13-5-2-6-14-24/h1-19,25,34,36-37H,20-22H2/b27-19-/t25-,34-/m0/s1. The van der Waals surface area contributed by atoms with E-state index in [-0.39, 0.29) is 17.7 Å². The monoisotopic (exact) mass is 576 g/mol. The third-order valence-electron chi connectivity index (χ3n) is 7.28. The van der Waals surface area contributed by atoms with Gasteiger partial charge in [-0.1, -0.05) is 107 Å². The van der Waals surface area contributed by atoms with Gasteiger partial charge < -0.3 is 15.4 Å². The van der Waals surface area contributed by atoms with Gasteiger partial charge >= 0.3 is 0 Å². The zero-order valence-corrected chi connectivity index (χ0v) is 23.0. The van der Waals surface area contributed by atoms with Crippen molar-refractivity contribution in [2.45, 2.75) is 31.4 Å². The fraction of sp³-hybridized carbons (Fsp3) is 0.147. The molecule has 39 heavy (non-hydrogen) atoms. The van der Waals surface area contributed by atoms with Crippen molar-refractivity contribution in [1.29, 1.82) is 0 Å². The van der Waals surface area contributed by atoms with E-state index in [1.165, 1.54) is 0 Å². The summed E-state index contributed by atoms with van der Waals surface area (Å²) in [5.41, 5.74) is 6.92. The maximum atomic E-state index is 13.9. The number of fused-ring (bicyclic) bond motifs is 1. The molecule has 0 unspecified atom stereocenters. The number of Topliss-reactive ketones (excluding diaryl/α,β-unsaturated/α-hetero) is 1. The Morgan fingerprint density at radius 3 is 2.28 bits per heavy atom. The van der Waals surface area contributed by atoms with Crippen molar-refractivity contribution in [1.82, 2.24) is 0 Å². The van der Waals surface area contributed by atoms with Gasteiger partial charge in [0.2, 0.25) is 0 Å². The van der Waals surface area contributed by atoms with E-state index in [4.69, 9.17) is 4.74 Å². The molecule has 5 heteroatoms. The van der Waals surface area contributed by atoms with Crippen LogP contribution in [0.25, 0.3) is 6.08 Å². The third kappa shape index (κ3) is 5.55. The lowest BCUT2D eigenvalue weighted by atomic mass is 9.79. The largest absolute Gasteiger partial charge is 0.489 e. The normalized spacial score (nSPS) is 18.8. The van der Waals surface area contributed by atoms with Crippen LogP contribution in [0.1, 0.15) is 35.4 Å². The first kappa shape index (κ1) is 25.2. The number of nitrogens with one attached hydrogen (secondary N) is 2. The molecular formula is C34H29BrN2O2. The van der Waals surface area contributed by atoms with Gasteiger partial charge in [0.25, 0.3) is 0 Å². The van der Waals surface area contributed by atoms with E-state index in [1.54, 1.807) is 0 Å². The Labute approximate surface area is 237 Å². The molecule has 0 aromatic heterocycles. The summed E-state index contributed by atoms with van der Waals surface area (Å²) < 4.78 is 7.19. The molecule has 4 aromatic carbocycles. The van der Waals surface area contributed by atoms with Crippen molar-refractivity contribution in [3.05, 3.63) is 142 Å². The predicted molar refractivity (Wildman–Crippen MR) is 162 cm³/mol. The second kappa shape index (κ2) is 11.3. The first-order valence-corrected chi connectivity index (χ1v) is 14.0. The molecular weight excluding hydrogens is 548 g/mol. The number of hydrogen-bond donors (Lipinski definition) is 2. The van der Waals surface area contributed by atoms with Gasteiger partial charge in [0.1, 0.15) is 12.4 Å². The van der Waals surface area contributed by atoms with E-state index in [9.17, 15) is 4.79 Å². The van der Waals surface area contributed by atoms with E-state index in [0.717, 1.165) is 49.6 Å². The molecule has 0 radical (unpaired) electrons. The van der Waals surface area contributed by atoms with E-state index < -0.39 is 0 Å². The lowest BCUT2D eigenvalue weighted by Crippen LogP contribution is -2.32. The number of ketones is 1. The lowest BCUT2D eigenvalue weighted by molar-refractivity contribution is -0.116. The molecule has 194 valence electrons. The van der Waals surface area contributed by atoms with Gasteiger partial charge in [-0.2, -0.15) is 0 Å². The van der Waals surface area contributed by atoms with Crippen LogP contribution in [0.4, 0.5) is 11.4 Å². The smallest absolute Gasteiger partial charge is 0.163 e. The van der Waals surface area contributed by atoms with Crippen LogP contribution in [0.3, 0.4) is 0 Å². The molecule has 1 heterocycles. The molecule has 0 fully saturated rings. The molecule has 2 atom stereocenters. The fourth-order valence-electron chi connectivity index (χ4n) is 5.40. The minimum Gasteiger partial charge on any atom is -0.489 e. The highest BCUT2D eigenvalue weighted by atomic mass is 79.9. The van der Waals surface area contributed by atoms with Crippen LogP contribution in [-0.4, -0.2) is 11.8 Å². The summed E-state index contributed by atoms with van der Waals surface area (Å²) in [5.74, 6) is 0.978. The van der Waals surface area contributed by atoms with Gasteiger partial charge in [-0.05, 0) is 47.4 Å². The maximum Gasteiger partial charge on any atom is 0.163 e. The Kier molecular flexibility index (Phi) is 7.33. The molecule has 0 saturated heterocycles. The maximum absolute atomic E-state index is 13.9. The Morgan fingerprint density at radius 2 is 1.49 bits per heavy atom. The highest BCUT2D eigenvalue weighted by Gasteiger charge is 2.37. The van der Waals surface area contributed by atoms with Gasteiger partial charge in [0.15, 0.2) is 5.78 Å². The van der Waals surface area contributed by atoms with E-state index in [1.807, 2.05) is 72.8 Å². The molecule has 0 bridgehead atoms. The molecule has 1 aliphatic heterocycles. The van der Waals surface area contributed by atoms with Crippen LogP contribution in [0.2, 0.25) is 0 Å². The summed E-state index contributed by atoms with van der Waals surface area (Å²) in [4.78, 5) is 13.9. The van der Waals surface area contributed by atoms with Crippen LogP contribution < -0.4 is 15.4 Å². The molecule has 1 aliphatic carbocycles. The first-order chi connectivity index (χ1) is 19.2. The van der Waals surface area contributed by atoms with E-state index in [0.29, 0.717) is 19.4 Å². The van der Waals surface area contributed by atoms with Gasteiger partial charge in [-0.25, -0.2) is 0 Å². The minimum absolute atomic E-state index is 0.0125. The van der Waals surface area contributed by atoms with Crippen molar-refractivity contribution >= 4 is 39.2 Å². The Morgan fingerprint density at radius 1 is 0.821 bits per heavy atom. The number of allylic oxidation sites excluding steroid dienone is 1. The van der Waals surface area contributed by atoms with E-state index >= 15 is 0 Å². The zero-order chi connectivity index (χ0) is 26.6. The van der Waals surface area contributed by atoms with Crippen molar-refractivity contribution in [2.24, 2.45) is 0 Å². The number of benzene rings is 4. The molecule has 6 rings (SSSR count). The van der Waals surface area contributed by atoms with Crippen LogP contribution in [-0.2, 0) is 11.4 Å². The number of rotatable bonds is 6. The highest BCUT2D eigenvalue weighted by molar-refractivity contribution is 9.11. The second-order valence-electron chi connectivity index (χ2n) is 9.92. The summed E-state index contributed by atoms with van der Waals surface area (Å²) in [7, 11) is 0. The quantitative estimate of drug-likeness (QED) is 0.242. The van der Waals surface area contributed by atoms with E-state index in [2.05, 4.69) is 69.0 Å². The zero-order valence-electron chi connectivity index (χ0n) is 21.4. The predicted octanol–water partition coefficient (Wildman–Crippen LogP) is 8.31. The first-order valence-electron chi connectivity index (χ1n) is 13.2. The minimum atomic E-state index is -0.297. The van der Waals surface area contributed by atoms with Crippen LogP contribution >= 0.6 is 15.9 Å². The number of carbonyl (C=O) groups excluding carboxylic acids is 1. The highest BCUT2D eigenvalue weighted by Crippen LogP contribution is 2.44. The average molecular weight is 578 g/mol. The van der Waals surface area contributed by atoms with Gasteiger partial charge in [0.05, 0.1) is 17.4 Å². The summed E-state index contributed by atoms with van der Waals surface area (Å²) in [6, 6.07) is 36.2. The van der Waals surface area contributed by atoms with Crippen molar-refractivity contribution < 1.29 is 9.53 Å². The van der Waals surface area contributed by atoms with Gasteiger partial charge in [-0.3, -0.25) is 4.79 Å². The average Bonchev–Trinajstić information content (AvgIpc) is 3.14. The Hall–Kier alpha value is -4.09. The second-order valence-corrected chi connectivity index (χ2v) is 10.8. The van der Waals surface area contributed by atoms with Crippen LogP contribution in [0, 0.1) is 0 Å². The number of anilines is 2. The van der Waals surface area contributed by atoms with Crippen molar-refractivity contribution in [3.8, 4) is 5.75 Å². The number of para-hydroxylation sites is 3.